The Morgan fingerprint density at radius 2 is 1.64 bits per heavy atom. The summed E-state index contributed by atoms with van der Waals surface area (Å²) >= 11 is 0. The van der Waals surface area contributed by atoms with Crippen molar-refractivity contribution in [2.75, 3.05) is 15.5 Å². The predicted molar refractivity (Wildman–Crippen MR) is 109 cm³/mol. The molecule has 5 heteroatoms. The van der Waals surface area contributed by atoms with E-state index in [4.69, 9.17) is 0 Å². The van der Waals surface area contributed by atoms with Gasteiger partial charge in [-0.3, -0.25) is 4.79 Å². The molecule has 3 aromatic carbocycles. The fraction of sp³-hybridized carbons (Fsp3) is 0.0870. The lowest BCUT2D eigenvalue weighted by Gasteiger charge is -2.18. The number of halogens is 1. The van der Waals surface area contributed by atoms with Crippen LogP contribution in [0.25, 0.3) is 5.57 Å². The van der Waals surface area contributed by atoms with Crippen molar-refractivity contribution in [2.24, 2.45) is 0 Å². The van der Waals surface area contributed by atoms with Crippen molar-refractivity contribution >= 4 is 28.5 Å². The maximum Gasteiger partial charge on any atom is 0.257 e. The van der Waals surface area contributed by atoms with Gasteiger partial charge >= 0.3 is 0 Å². The van der Waals surface area contributed by atoms with Crippen LogP contribution in [0.15, 0.2) is 72.9 Å². The van der Waals surface area contributed by atoms with Crippen LogP contribution in [0.5, 0.6) is 0 Å². The van der Waals surface area contributed by atoms with Gasteiger partial charge in [0.15, 0.2) is 0 Å². The summed E-state index contributed by atoms with van der Waals surface area (Å²) in [7, 11) is 0. The van der Waals surface area contributed by atoms with Crippen LogP contribution in [-0.4, -0.2) is 5.91 Å². The summed E-state index contributed by atoms with van der Waals surface area (Å²) in [5, 5.41) is 5.80. The number of carbonyl (C=O) groups excluding carboxylic acids is 1. The van der Waals surface area contributed by atoms with Gasteiger partial charge in [-0.25, -0.2) is 4.39 Å². The van der Waals surface area contributed by atoms with Crippen molar-refractivity contribution in [1.29, 1.82) is 0 Å². The Balaban J connectivity index is 1.33. The van der Waals surface area contributed by atoms with Crippen LogP contribution in [-0.2, 0) is 17.9 Å². The van der Waals surface area contributed by atoms with Crippen molar-refractivity contribution in [1.82, 2.24) is 0 Å². The molecule has 4 nitrogen and oxygen atoms in total. The van der Waals surface area contributed by atoms with E-state index in [1.807, 2.05) is 12.1 Å². The van der Waals surface area contributed by atoms with Crippen LogP contribution in [0.3, 0.4) is 0 Å². The first-order valence-electron chi connectivity index (χ1n) is 9.18. The lowest BCUT2D eigenvalue weighted by Crippen LogP contribution is -2.14. The molecule has 0 atom stereocenters. The van der Waals surface area contributed by atoms with E-state index in [0.717, 1.165) is 24.5 Å². The number of benzene rings is 3. The zero-order valence-electron chi connectivity index (χ0n) is 15.1. The molecule has 0 saturated heterocycles. The molecule has 2 aliphatic rings. The monoisotopic (exact) mass is 371 g/mol. The number of carbonyl (C=O) groups is 1. The van der Waals surface area contributed by atoms with E-state index in [0.29, 0.717) is 16.8 Å². The fourth-order valence-corrected chi connectivity index (χ4v) is 3.78. The largest absolute Gasteiger partial charge is 0.363 e. The molecule has 0 fully saturated rings. The van der Waals surface area contributed by atoms with Crippen molar-refractivity contribution in [2.45, 2.75) is 13.1 Å². The zero-order chi connectivity index (χ0) is 19.1. The molecule has 0 radical (unpaired) electrons. The van der Waals surface area contributed by atoms with E-state index >= 15 is 0 Å². The van der Waals surface area contributed by atoms with E-state index in [1.54, 1.807) is 18.3 Å². The molecule has 0 aromatic heterocycles. The molecule has 2 N–H and O–H groups in total. The Morgan fingerprint density at radius 1 is 0.929 bits per heavy atom. The Hall–Kier alpha value is -3.60. The Bertz CT molecular complexity index is 1080. The third-order valence-corrected chi connectivity index (χ3v) is 5.23. The number of amides is 1. The fourth-order valence-electron chi connectivity index (χ4n) is 3.78. The highest BCUT2D eigenvalue weighted by molar-refractivity contribution is 6.31. The zero-order valence-corrected chi connectivity index (χ0v) is 15.1. The number of fused-ring (bicyclic) bond motifs is 2. The quantitative estimate of drug-likeness (QED) is 0.653. The molecule has 0 saturated carbocycles. The Morgan fingerprint density at radius 3 is 2.36 bits per heavy atom. The summed E-state index contributed by atoms with van der Waals surface area (Å²) in [5.41, 5.74) is 5.82. The highest BCUT2D eigenvalue weighted by Crippen LogP contribution is 2.34. The standard InChI is InChI=1S/C23H18FN3O/c24-20-6-3-7-21-22(20)19(23(28)26-21)12-25-17-8-10-18(11-9-17)27-13-15-4-1-2-5-16(15)14-27/h1-12,25H,13-14H2,(H,26,28)/b19-12+. The van der Waals surface area contributed by atoms with Gasteiger partial charge in [0.25, 0.3) is 5.91 Å². The van der Waals surface area contributed by atoms with Gasteiger partial charge in [-0.1, -0.05) is 30.3 Å². The second-order valence-corrected chi connectivity index (χ2v) is 6.99. The molecule has 0 unspecified atom stereocenters. The lowest BCUT2D eigenvalue weighted by atomic mass is 10.1. The van der Waals surface area contributed by atoms with Gasteiger partial charge in [0.2, 0.25) is 0 Å². The molecule has 2 aliphatic heterocycles. The number of nitrogens with zero attached hydrogens (tertiary/aromatic N) is 1. The van der Waals surface area contributed by atoms with E-state index in [2.05, 4.69) is 51.9 Å². The van der Waals surface area contributed by atoms with E-state index < -0.39 is 5.82 Å². The van der Waals surface area contributed by atoms with Crippen molar-refractivity contribution < 1.29 is 9.18 Å². The van der Waals surface area contributed by atoms with Crippen LogP contribution in [0.2, 0.25) is 0 Å². The normalized spacial score (nSPS) is 16.1. The van der Waals surface area contributed by atoms with Crippen molar-refractivity contribution in [3.05, 3.63) is 95.4 Å². The maximum atomic E-state index is 14.1. The van der Waals surface area contributed by atoms with E-state index in [-0.39, 0.29) is 5.91 Å². The predicted octanol–water partition coefficient (Wildman–Crippen LogP) is 4.75. The summed E-state index contributed by atoms with van der Waals surface area (Å²) in [4.78, 5) is 14.5. The third-order valence-electron chi connectivity index (χ3n) is 5.23. The summed E-state index contributed by atoms with van der Waals surface area (Å²) in [5.74, 6) is -0.716. The third kappa shape index (κ3) is 2.81. The molecular weight excluding hydrogens is 353 g/mol. The second kappa shape index (κ2) is 6.53. The van der Waals surface area contributed by atoms with Gasteiger partial charge in [-0.15, -0.1) is 0 Å². The van der Waals surface area contributed by atoms with E-state index in [9.17, 15) is 9.18 Å². The minimum atomic E-state index is -0.409. The average molecular weight is 371 g/mol. The van der Waals surface area contributed by atoms with Crippen molar-refractivity contribution in [3.63, 3.8) is 0 Å². The first-order chi connectivity index (χ1) is 13.7. The summed E-state index contributed by atoms with van der Waals surface area (Å²) < 4.78 is 14.1. The SMILES string of the molecule is O=C1Nc2cccc(F)c2/C1=C\Nc1ccc(N2Cc3ccccc3C2)cc1. The van der Waals surface area contributed by atoms with Gasteiger partial charge in [0.05, 0.1) is 11.3 Å². The summed E-state index contributed by atoms with van der Waals surface area (Å²) in [6.07, 6.45) is 1.56. The van der Waals surface area contributed by atoms with Gasteiger partial charge in [0, 0.05) is 36.2 Å². The van der Waals surface area contributed by atoms with Crippen molar-refractivity contribution in [3.8, 4) is 0 Å². The van der Waals surface area contributed by atoms with Crippen LogP contribution < -0.4 is 15.5 Å². The van der Waals surface area contributed by atoms with Gasteiger partial charge in [-0.05, 0) is 47.5 Å². The highest BCUT2D eigenvalue weighted by atomic mass is 19.1. The first kappa shape index (κ1) is 16.6. The molecule has 28 heavy (non-hydrogen) atoms. The molecule has 0 aliphatic carbocycles. The lowest BCUT2D eigenvalue weighted by molar-refractivity contribution is -0.110. The van der Waals surface area contributed by atoms with Crippen LogP contribution in [0, 0.1) is 5.82 Å². The number of nitrogens with one attached hydrogen (secondary N) is 2. The van der Waals surface area contributed by atoms with E-state index in [1.165, 1.54) is 17.2 Å². The minimum Gasteiger partial charge on any atom is -0.363 e. The summed E-state index contributed by atoms with van der Waals surface area (Å²) in [6, 6.07) is 21.1. The molecule has 2 heterocycles. The molecule has 1 amide bonds. The molecule has 3 aromatic rings. The minimum absolute atomic E-state index is 0.298. The Kier molecular flexibility index (Phi) is 3.86. The average Bonchev–Trinajstić information content (AvgIpc) is 3.28. The van der Waals surface area contributed by atoms with Gasteiger partial charge in [0.1, 0.15) is 5.82 Å². The Labute approximate surface area is 162 Å². The number of hydrogen-bond acceptors (Lipinski definition) is 3. The molecule has 0 spiro atoms. The molecule has 5 rings (SSSR count). The van der Waals surface area contributed by atoms with Crippen LogP contribution >= 0.6 is 0 Å². The van der Waals surface area contributed by atoms with Crippen LogP contribution in [0.1, 0.15) is 16.7 Å². The molecule has 138 valence electrons. The topological polar surface area (TPSA) is 44.4 Å². The smallest absolute Gasteiger partial charge is 0.257 e. The maximum absolute atomic E-state index is 14.1. The van der Waals surface area contributed by atoms with Gasteiger partial charge in [-0.2, -0.15) is 0 Å². The number of rotatable bonds is 3. The number of anilines is 3. The second-order valence-electron chi connectivity index (χ2n) is 6.99. The molecule has 0 bridgehead atoms. The van der Waals surface area contributed by atoms with Gasteiger partial charge < -0.3 is 15.5 Å². The van der Waals surface area contributed by atoms with Crippen LogP contribution in [0.4, 0.5) is 21.5 Å². The highest BCUT2D eigenvalue weighted by Gasteiger charge is 2.27. The summed E-state index contributed by atoms with van der Waals surface area (Å²) in [6.45, 7) is 1.81. The number of hydrogen-bond donors (Lipinski definition) is 2. The first-order valence-corrected chi connectivity index (χ1v) is 9.18. The molecular formula is C23H18FN3O.